The SMILES string of the molecule is CCC(C)N(C)C(=O)[C@@H]1CC=CC[C@@H]1C(=O)O. The molecule has 3 atom stereocenters. The van der Waals surface area contributed by atoms with Crippen molar-refractivity contribution in [3.05, 3.63) is 12.2 Å². The zero-order valence-electron chi connectivity index (χ0n) is 10.7. The summed E-state index contributed by atoms with van der Waals surface area (Å²) in [6, 6.07) is 0.155. The summed E-state index contributed by atoms with van der Waals surface area (Å²) in [4.78, 5) is 25.0. The minimum atomic E-state index is -0.870. The van der Waals surface area contributed by atoms with Crippen molar-refractivity contribution in [2.24, 2.45) is 11.8 Å². The van der Waals surface area contributed by atoms with Gasteiger partial charge in [-0.2, -0.15) is 0 Å². The van der Waals surface area contributed by atoms with Gasteiger partial charge in [-0.1, -0.05) is 19.1 Å². The molecule has 1 unspecified atom stereocenters. The maximum Gasteiger partial charge on any atom is 0.307 e. The van der Waals surface area contributed by atoms with Crippen LogP contribution in [0.1, 0.15) is 33.1 Å². The number of aliphatic carboxylic acids is 1. The molecule has 0 saturated carbocycles. The second-order valence-corrected chi connectivity index (χ2v) is 4.70. The lowest BCUT2D eigenvalue weighted by molar-refractivity contribution is -0.150. The molecule has 0 radical (unpaired) electrons. The van der Waals surface area contributed by atoms with Crippen LogP contribution in [-0.4, -0.2) is 35.0 Å². The van der Waals surface area contributed by atoms with Crippen molar-refractivity contribution in [2.45, 2.75) is 39.2 Å². The molecule has 1 aliphatic carbocycles. The monoisotopic (exact) mass is 239 g/mol. The van der Waals surface area contributed by atoms with E-state index in [1.165, 1.54) is 0 Å². The first-order valence-corrected chi connectivity index (χ1v) is 6.13. The molecule has 96 valence electrons. The molecule has 1 aliphatic rings. The van der Waals surface area contributed by atoms with Gasteiger partial charge in [0.2, 0.25) is 5.91 Å². The van der Waals surface area contributed by atoms with E-state index in [0.717, 1.165) is 6.42 Å². The minimum absolute atomic E-state index is 0.0453. The van der Waals surface area contributed by atoms with Gasteiger partial charge >= 0.3 is 5.97 Å². The summed E-state index contributed by atoms with van der Waals surface area (Å²) in [5.41, 5.74) is 0. The summed E-state index contributed by atoms with van der Waals surface area (Å²) in [5.74, 6) is -1.89. The van der Waals surface area contributed by atoms with Crippen molar-refractivity contribution < 1.29 is 14.7 Å². The minimum Gasteiger partial charge on any atom is -0.481 e. The van der Waals surface area contributed by atoms with Crippen LogP contribution in [0.4, 0.5) is 0 Å². The number of nitrogens with zero attached hydrogens (tertiary/aromatic N) is 1. The average molecular weight is 239 g/mol. The smallest absolute Gasteiger partial charge is 0.307 e. The Hall–Kier alpha value is -1.32. The van der Waals surface area contributed by atoms with Crippen molar-refractivity contribution in [1.29, 1.82) is 0 Å². The van der Waals surface area contributed by atoms with Gasteiger partial charge in [0.15, 0.2) is 0 Å². The first-order chi connectivity index (χ1) is 7.99. The van der Waals surface area contributed by atoms with Gasteiger partial charge in [-0.3, -0.25) is 9.59 Å². The molecule has 0 aromatic rings. The van der Waals surface area contributed by atoms with Crippen LogP contribution in [0.15, 0.2) is 12.2 Å². The van der Waals surface area contributed by atoms with Crippen LogP contribution in [0.5, 0.6) is 0 Å². The van der Waals surface area contributed by atoms with Crippen LogP contribution in [0.3, 0.4) is 0 Å². The molecule has 0 aromatic carbocycles. The Kier molecular flexibility index (Phi) is 4.73. The van der Waals surface area contributed by atoms with Crippen LogP contribution in [-0.2, 0) is 9.59 Å². The van der Waals surface area contributed by atoms with Crippen LogP contribution in [0.2, 0.25) is 0 Å². The first-order valence-electron chi connectivity index (χ1n) is 6.13. The third-order valence-corrected chi connectivity index (χ3v) is 3.67. The van der Waals surface area contributed by atoms with Gasteiger partial charge in [-0.15, -0.1) is 0 Å². The number of allylic oxidation sites excluding steroid dienone is 2. The predicted octanol–water partition coefficient (Wildman–Crippen LogP) is 1.91. The average Bonchev–Trinajstić information content (AvgIpc) is 2.35. The number of amides is 1. The van der Waals surface area contributed by atoms with E-state index in [0.29, 0.717) is 12.8 Å². The highest BCUT2D eigenvalue weighted by molar-refractivity contribution is 5.85. The Labute approximate surface area is 102 Å². The highest BCUT2D eigenvalue weighted by Gasteiger charge is 2.36. The van der Waals surface area contributed by atoms with Crippen molar-refractivity contribution in [3.8, 4) is 0 Å². The van der Waals surface area contributed by atoms with E-state index in [9.17, 15) is 9.59 Å². The van der Waals surface area contributed by atoms with E-state index in [-0.39, 0.29) is 11.9 Å². The molecule has 0 aliphatic heterocycles. The molecule has 1 N–H and O–H groups in total. The summed E-state index contributed by atoms with van der Waals surface area (Å²) in [6.07, 6.45) is 5.64. The van der Waals surface area contributed by atoms with Gasteiger partial charge in [0.25, 0.3) is 0 Å². The molecule has 0 saturated heterocycles. The highest BCUT2D eigenvalue weighted by atomic mass is 16.4. The lowest BCUT2D eigenvalue weighted by Gasteiger charge is -2.31. The number of carboxylic acid groups (broad SMARTS) is 1. The fourth-order valence-electron chi connectivity index (χ4n) is 2.11. The van der Waals surface area contributed by atoms with E-state index in [1.807, 2.05) is 26.0 Å². The largest absolute Gasteiger partial charge is 0.481 e. The molecular formula is C13H21NO3. The summed E-state index contributed by atoms with van der Waals surface area (Å²) in [5, 5.41) is 9.13. The molecule has 0 bridgehead atoms. The van der Waals surface area contributed by atoms with Gasteiger partial charge < -0.3 is 10.0 Å². The highest BCUT2D eigenvalue weighted by Crippen LogP contribution is 2.28. The summed E-state index contributed by atoms with van der Waals surface area (Å²) in [7, 11) is 1.76. The van der Waals surface area contributed by atoms with Crippen LogP contribution >= 0.6 is 0 Å². The molecule has 1 rings (SSSR count). The zero-order valence-corrected chi connectivity index (χ0v) is 10.7. The Morgan fingerprint density at radius 1 is 1.35 bits per heavy atom. The van der Waals surface area contributed by atoms with E-state index in [4.69, 9.17) is 5.11 Å². The van der Waals surface area contributed by atoms with E-state index < -0.39 is 17.8 Å². The Balaban J connectivity index is 2.79. The summed E-state index contributed by atoms with van der Waals surface area (Å²) in [6.45, 7) is 4.00. The predicted molar refractivity (Wildman–Crippen MR) is 65.5 cm³/mol. The van der Waals surface area contributed by atoms with Crippen molar-refractivity contribution in [2.75, 3.05) is 7.05 Å². The van der Waals surface area contributed by atoms with Crippen LogP contribution < -0.4 is 0 Å². The number of carboxylic acids is 1. The van der Waals surface area contributed by atoms with Crippen LogP contribution in [0.25, 0.3) is 0 Å². The third-order valence-electron chi connectivity index (χ3n) is 3.67. The number of rotatable bonds is 4. The van der Waals surface area contributed by atoms with E-state index >= 15 is 0 Å². The van der Waals surface area contributed by atoms with E-state index in [2.05, 4.69) is 0 Å². The van der Waals surface area contributed by atoms with Gasteiger partial charge in [0, 0.05) is 13.1 Å². The molecule has 17 heavy (non-hydrogen) atoms. The maximum absolute atomic E-state index is 12.2. The molecule has 4 nitrogen and oxygen atoms in total. The zero-order chi connectivity index (χ0) is 13.0. The Morgan fingerprint density at radius 2 is 1.88 bits per heavy atom. The van der Waals surface area contributed by atoms with Gasteiger partial charge in [0.1, 0.15) is 0 Å². The number of carbonyl (C=O) groups excluding carboxylic acids is 1. The fraction of sp³-hybridized carbons (Fsp3) is 0.692. The molecule has 0 spiro atoms. The fourth-order valence-corrected chi connectivity index (χ4v) is 2.11. The summed E-state index contributed by atoms with van der Waals surface area (Å²) >= 11 is 0. The van der Waals surface area contributed by atoms with Crippen molar-refractivity contribution in [3.63, 3.8) is 0 Å². The van der Waals surface area contributed by atoms with E-state index in [1.54, 1.807) is 11.9 Å². The normalized spacial score (nSPS) is 25.4. The number of hydrogen-bond donors (Lipinski definition) is 1. The molecule has 1 amide bonds. The molecule has 4 heteroatoms. The van der Waals surface area contributed by atoms with Gasteiger partial charge in [-0.25, -0.2) is 0 Å². The van der Waals surface area contributed by atoms with Gasteiger partial charge in [0.05, 0.1) is 11.8 Å². The van der Waals surface area contributed by atoms with Crippen LogP contribution in [0, 0.1) is 11.8 Å². The van der Waals surface area contributed by atoms with Crippen molar-refractivity contribution in [1.82, 2.24) is 4.90 Å². The van der Waals surface area contributed by atoms with Gasteiger partial charge in [-0.05, 0) is 26.2 Å². The first kappa shape index (κ1) is 13.7. The Bertz CT molecular complexity index is 325. The number of hydrogen-bond acceptors (Lipinski definition) is 2. The lowest BCUT2D eigenvalue weighted by Crippen LogP contribution is -2.43. The lowest BCUT2D eigenvalue weighted by atomic mass is 9.82. The number of carbonyl (C=O) groups is 2. The maximum atomic E-state index is 12.2. The second kappa shape index (κ2) is 5.84. The molecule has 0 aromatic heterocycles. The Morgan fingerprint density at radius 3 is 2.35 bits per heavy atom. The molecule has 0 fully saturated rings. The molecular weight excluding hydrogens is 218 g/mol. The van der Waals surface area contributed by atoms with Crippen molar-refractivity contribution >= 4 is 11.9 Å². The third kappa shape index (κ3) is 3.08. The standard InChI is InChI=1S/C13H21NO3/c1-4-9(2)14(3)12(15)10-7-5-6-8-11(10)13(16)17/h5-6,9-11H,4,7-8H2,1-3H3,(H,16,17)/t9?,10-,11+/m1/s1. The summed E-state index contributed by atoms with van der Waals surface area (Å²) < 4.78 is 0. The molecule has 0 heterocycles. The topological polar surface area (TPSA) is 57.6 Å². The quantitative estimate of drug-likeness (QED) is 0.762. The second-order valence-electron chi connectivity index (χ2n) is 4.70.